The molecule has 2 rings (SSSR count). The van der Waals surface area contributed by atoms with Gasteiger partial charge in [-0.15, -0.1) is 0 Å². The molecule has 2 aliphatic rings. The molecule has 0 bridgehead atoms. The number of rotatable bonds is 3. The van der Waals surface area contributed by atoms with Crippen molar-refractivity contribution in [2.24, 2.45) is 0 Å². The summed E-state index contributed by atoms with van der Waals surface area (Å²) in [4.78, 5) is 26.7. The van der Waals surface area contributed by atoms with Crippen LogP contribution in [0.4, 0.5) is 0 Å². The first-order valence-electron chi connectivity index (χ1n) is 6.50. The maximum Gasteiger partial charge on any atom is 0.317 e. The number of hydrogen-bond donors (Lipinski definition) is 2. The zero-order valence-corrected chi connectivity index (χ0v) is 10.8. The Morgan fingerprint density at radius 3 is 2.44 bits per heavy atom. The fourth-order valence-corrected chi connectivity index (χ4v) is 2.73. The predicted octanol–water partition coefficient (Wildman–Crippen LogP) is -0.643. The number of aliphatic carboxylic acids is 1. The average Bonchev–Trinajstić information content (AvgIpc) is 2.77. The first kappa shape index (κ1) is 13.3. The molecule has 2 aliphatic heterocycles. The van der Waals surface area contributed by atoms with Crippen LogP contribution >= 0.6 is 0 Å². The van der Waals surface area contributed by atoms with Crippen molar-refractivity contribution in [2.75, 3.05) is 39.3 Å². The average molecular weight is 255 g/mol. The minimum atomic E-state index is -0.806. The Morgan fingerprint density at radius 1 is 1.28 bits per heavy atom. The number of amides is 1. The van der Waals surface area contributed by atoms with Gasteiger partial charge in [-0.3, -0.25) is 14.5 Å². The van der Waals surface area contributed by atoms with E-state index in [1.807, 2.05) is 16.7 Å². The van der Waals surface area contributed by atoms with Gasteiger partial charge >= 0.3 is 5.97 Å². The lowest BCUT2D eigenvalue weighted by Gasteiger charge is -2.38. The van der Waals surface area contributed by atoms with Crippen molar-refractivity contribution in [3.63, 3.8) is 0 Å². The molecule has 0 aliphatic carbocycles. The second kappa shape index (κ2) is 5.24. The van der Waals surface area contributed by atoms with Crippen LogP contribution in [-0.2, 0) is 9.59 Å². The van der Waals surface area contributed by atoms with Crippen LogP contribution in [0.5, 0.6) is 0 Å². The van der Waals surface area contributed by atoms with Crippen molar-refractivity contribution in [3.05, 3.63) is 0 Å². The number of carbonyl (C=O) groups excluding carboxylic acids is 1. The van der Waals surface area contributed by atoms with E-state index in [0.29, 0.717) is 26.2 Å². The van der Waals surface area contributed by atoms with Crippen molar-refractivity contribution >= 4 is 11.9 Å². The van der Waals surface area contributed by atoms with Gasteiger partial charge in [0.05, 0.1) is 12.1 Å². The molecule has 6 nitrogen and oxygen atoms in total. The first-order valence-corrected chi connectivity index (χ1v) is 6.50. The summed E-state index contributed by atoms with van der Waals surface area (Å²) in [6, 6.07) is 0. The zero-order valence-electron chi connectivity index (χ0n) is 10.8. The SMILES string of the molecule is CC1(C(=O)N2CCN(CC(=O)O)CC2)CCCN1. The van der Waals surface area contributed by atoms with E-state index in [2.05, 4.69) is 5.32 Å². The number of nitrogens with zero attached hydrogens (tertiary/aromatic N) is 2. The van der Waals surface area contributed by atoms with Gasteiger partial charge in [0.15, 0.2) is 0 Å². The molecular formula is C12H21N3O3. The van der Waals surface area contributed by atoms with Crippen molar-refractivity contribution in [1.29, 1.82) is 0 Å². The summed E-state index contributed by atoms with van der Waals surface area (Å²) in [5, 5.41) is 12.0. The summed E-state index contributed by atoms with van der Waals surface area (Å²) in [6.45, 7) is 5.49. The Balaban J connectivity index is 1.86. The Labute approximate surface area is 107 Å². The maximum absolute atomic E-state index is 12.4. The third-order valence-corrected chi connectivity index (χ3v) is 3.86. The van der Waals surface area contributed by atoms with E-state index in [4.69, 9.17) is 5.11 Å². The lowest BCUT2D eigenvalue weighted by Crippen LogP contribution is -2.58. The number of hydrogen-bond acceptors (Lipinski definition) is 4. The second-order valence-corrected chi connectivity index (χ2v) is 5.32. The van der Waals surface area contributed by atoms with Gasteiger partial charge < -0.3 is 15.3 Å². The van der Waals surface area contributed by atoms with E-state index in [1.54, 1.807) is 0 Å². The van der Waals surface area contributed by atoms with Crippen molar-refractivity contribution in [2.45, 2.75) is 25.3 Å². The van der Waals surface area contributed by atoms with E-state index in [9.17, 15) is 9.59 Å². The standard InChI is InChI=1S/C12H21N3O3/c1-12(3-2-4-13-12)11(18)15-7-5-14(6-8-15)9-10(16)17/h13H,2-9H2,1H3,(H,16,17). The Bertz CT molecular complexity index is 331. The number of carbonyl (C=O) groups is 2. The highest BCUT2D eigenvalue weighted by Crippen LogP contribution is 2.21. The third-order valence-electron chi connectivity index (χ3n) is 3.86. The van der Waals surface area contributed by atoms with E-state index in [0.717, 1.165) is 19.4 Å². The van der Waals surface area contributed by atoms with Crippen LogP contribution in [0.3, 0.4) is 0 Å². The molecular weight excluding hydrogens is 234 g/mol. The zero-order chi connectivity index (χ0) is 13.2. The van der Waals surface area contributed by atoms with E-state index in [1.165, 1.54) is 0 Å². The summed E-state index contributed by atoms with van der Waals surface area (Å²) in [5.74, 6) is -0.644. The van der Waals surface area contributed by atoms with Gasteiger partial charge in [0.25, 0.3) is 0 Å². The molecule has 2 heterocycles. The number of nitrogens with one attached hydrogen (secondary N) is 1. The van der Waals surface area contributed by atoms with Gasteiger partial charge in [0.2, 0.25) is 5.91 Å². The molecule has 2 N–H and O–H groups in total. The number of carboxylic acids is 1. The largest absolute Gasteiger partial charge is 0.480 e. The molecule has 2 fully saturated rings. The molecule has 6 heteroatoms. The maximum atomic E-state index is 12.4. The summed E-state index contributed by atoms with van der Waals surface area (Å²) in [5.41, 5.74) is -0.408. The van der Waals surface area contributed by atoms with E-state index < -0.39 is 11.5 Å². The van der Waals surface area contributed by atoms with Crippen molar-refractivity contribution in [3.8, 4) is 0 Å². The third kappa shape index (κ3) is 2.81. The molecule has 2 saturated heterocycles. The Kier molecular flexibility index (Phi) is 3.87. The number of piperazine rings is 1. The molecule has 0 aromatic rings. The summed E-state index contributed by atoms with van der Waals surface area (Å²) in [6.07, 6.45) is 1.93. The van der Waals surface area contributed by atoms with Crippen LogP contribution in [0.1, 0.15) is 19.8 Å². The van der Waals surface area contributed by atoms with Crippen LogP contribution < -0.4 is 5.32 Å². The van der Waals surface area contributed by atoms with Crippen LogP contribution in [0.25, 0.3) is 0 Å². The van der Waals surface area contributed by atoms with Gasteiger partial charge in [-0.2, -0.15) is 0 Å². The topological polar surface area (TPSA) is 72.9 Å². The quantitative estimate of drug-likeness (QED) is 0.701. The lowest BCUT2D eigenvalue weighted by atomic mass is 9.98. The first-order chi connectivity index (χ1) is 8.51. The second-order valence-electron chi connectivity index (χ2n) is 5.32. The van der Waals surface area contributed by atoms with Crippen molar-refractivity contribution < 1.29 is 14.7 Å². The molecule has 0 radical (unpaired) electrons. The molecule has 1 unspecified atom stereocenters. The highest BCUT2D eigenvalue weighted by molar-refractivity contribution is 5.86. The van der Waals surface area contributed by atoms with Gasteiger partial charge in [-0.05, 0) is 26.3 Å². The van der Waals surface area contributed by atoms with Gasteiger partial charge in [0.1, 0.15) is 0 Å². The van der Waals surface area contributed by atoms with Crippen LogP contribution in [0.15, 0.2) is 0 Å². The van der Waals surface area contributed by atoms with Crippen LogP contribution in [-0.4, -0.2) is 71.6 Å². The summed E-state index contributed by atoms with van der Waals surface area (Å²) < 4.78 is 0. The fraction of sp³-hybridized carbons (Fsp3) is 0.833. The molecule has 0 aromatic carbocycles. The minimum Gasteiger partial charge on any atom is -0.480 e. The molecule has 0 aromatic heterocycles. The summed E-state index contributed by atoms with van der Waals surface area (Å²) in [7, 11) is 0. The molecule has 18 heavy (non-hydrogen) atoms. The monoisotopic (exact) mass is 255 g/mol. The summed E-state index contributed by atoms with van der Waals surface area (Å²) >= 11 is 0. The molecule has 102 valence electrons. The predicted molar refractivity (Wildman–Crippen MR) is 66.3 cm³/mol. The highest BCUT2D eigenvalue weighted by atomic mass is 16.4. The van der Waals surface area contributed by atoms with E-state index >= 15 is 0 Å². The lowest BCUT2D eigenvalue weighted by molar-refractivity contribution is -0.141. The Hall–Kier alpha value is -1.14. The molecule has 1 atom stereocenters. The molecule has 0 saturated carbocycles. The highest BCUT2D eigenvalue weighted by Gasteiger charge is 2.39. The smallest absolute Gasteiger partial charge is 0.317 e. The Morgan fingerprint density at radius 2 is 1.94 bits per heavy atom. The normalized spacial score (nSPS) is 29.5. The van der Waals surface area contributed by atoms with Crippen LogP contribution in [0.2, 0.25) is 0 Å². The van der Waals surface area contributed by atoms with Gasteiger partial charge in [0, 0.05) is 26.2 Å². The van der Waals surface area contributed by atoms with Gasteiger partial charge in [-0.25, -0.2) is 0 Å². The number of carboxylic acid groups (broad SMARTS) is 1. The minimum absolute atomic E-state index is 0.0670. The molecule has 1 amide bonds. The van der Waals surface area contributed by atoms with Crippen molar-refractivity contribution in [1.82, 2.24) is 15.1 Å². The van der Waals surface area contributed by atoms with E-state index in [-0.39, 0.29) is 12.5 Å². The molecule has 0 spiro atoms. The van der Waals surface area contributed by atoms with Gasteiger partial charge in [-0.1, -0.05) is 0 Å². The van der Waals surface area contributed by atoms with Crippen LogP contribution in [0, 0.1) is 0 Å². The fourth-order valence-electron chi connectivity index (χ4n) is 2.73.